The molecule has 0 heterocycles. The standard InChI is InChI=1S/C27H24O6/c1-3-32-26-20(22(28)16-10-5-7-12-18(16)24(26)30)14-9-15-21-23(29)17-11-6-8-13-19(17)25(31)27(21)33-4-2/h5-8,10-13H,3-4,9,14-15H2,1-2H3. The molecule has 0 saturated heterocycles. The second-order valence-corrected chi connectivity index (χ2v) is 7.74. The van der Waals surface area contributed by atoms with E-state index in [4.69, 9.17) is 9.47 Å². The highest BCUT2D eigenvalue weighted by molar-refractivity contribution is 6.27. The van der Waals surface area contributed by atoms with E-state index >= 15 is 0 Å². The Morgan fingerprint density at radius 1 is 0.545 bits per heavy atom. The van der Waals surface area contributed by atoms with E-state index in [9.17, 15) is 19.2 Å². The molecule has 6 heteroatoms. The molecule has 0 saturated carbocycles. The first-order chi connectivity index (χ1) is 16.0. The SMILES string of the molecule is CCOC1=C(CCCC2=C(OCC)C(=O)c3ccccc3C2=O)C(=O)c2ccccc2C1=O. The van der Waals surface area contributed by atoms with Crippen molar-refractivity contribution in [2.75, 3.05) is 13.2 Å². The maximum absolute atomic E-state index is 13.1. The number of ketones is 4. The highest BCUT2D eigenvalue weighted by Crippen LogP contribution is 2.33. The molecule has 0 N–H and O–H groups in total. The van der Waals surface area contributed by atoms with Crippen molar-refractivity contribution >= 4 is 23.1 Å². The van der Waals surface area contributed by atoms with Crippen LogP contribution < -0.4 is 0 Å². The van der Waals surface area contributed by atoms with Crippen LogP contribution in [0.25, 0.3) is 0 Å². The fraction of sp³-hybridized carbons (Fsp3) is 0.259. The topological polar surface area (TPSA) is 86.7 Å². The number of benzene rings is 2. The van der Waals surface area contributed by atoms with Crippen molar-refractivity contribution in [1.29, 1.82) is 0 Å². The quantitative estimate of drug-likeness (QED) is 0.576. The van der Waals surface area contributed by atoms with Crippen LogP contribution in [0.1, 0.15) is 74.5 Å². The van der Waals surface area contributed by atoms with Gasteiger partial charge in [-0.05, 0) is 33.1 Å². The van der Waals surface area contributed by atoms with Crippen LogP contribution in [0.15, 0.2) is 71.2 Å². The Hall–Kier alpha value is -3.80. The molecule has 0 spiro atoms. The lowest BCUT2D eigenvalue weighted by molar-refractivity contribution is 0.0873. The van der Waals surface area contributed by atoms with Crippen molar-refractivity contribution in [3.63, 3.8) is 0 Å². The summed E-state index contributed by atoms with van der Waals surface area (Å²) in [5.41, 5.74) is 1.98. The van der Waals surface area contributed by atoms with Crippen LogP contribution >= 0.6 is 0 Å². The smallest absolute Gasteiger partial charge is 0.228 e. The van der Waals surface area contributed by atoms with Crippen LogP contribution in [0.3, 0.4) is 0 Å². The molecule has 2 aromatic rings. The van der Waals surface area contributed by atoms with Crippen molar-refractivity contribution in [3.8, 4) is 0 Å². The van der Waals surface area contributed by atoms with Crippen molar-refractivity contribution in [3.05, 3.63) is 93.4 Å². The summed E-state index contributed by atoms with van der Waals surface area (Å²) in [6.45, 7) is 4.02. The number of carbonyl (C=O) groups excluding carboxylic acids is 4. The van der Waals surface area contributed by atoms with E-state index in [2.05, 4.69) is 0 Å². The lowest BCUT2D eigenvalue weighted by atomic mass is 9.83. The third kappa shape index (κ3) is 3.93. The predicted octanol–water partition coefficient (Wildman–Crippen LogP) is 4.90. The van der Waals surface area contributed by atoms with Crippen LogP contribution in [0.5, 0.6) is 0 Å². The summed E-state index contributed by atoms with van der Waals surface area (Å²) >= 11 is 0. The van der Waals surface area contributed by atoms with Gasteiger partial charge >= 0.3 is 0 Å². The molecule has 4 rings (SSSR count). The van der Waals surface area contributed by atoms with Gasteiger partial charge in [0.15, 0.2) is 23.1 Å². The first-order valence-corrected chi connectivity index (χ1v) is 11.1. The minimum atomic E-state index is -0.311. The molecule has 2 aromatic carbocycles. The van der Waals surface area contributed by atoms with E-state index in [1.54, 1.807) is 62.4 Å². The van der Waals surface area contributed by atoms with Crippen LogP contribution in [0.4, 0.5) is 0 Å². The van der Waals surface area contributed by atoms with Gasteiger partial charge in [-0.25, -0.2) is 0 Å². The zero-order valence-electron chi connectivity index (χ0n) is 18.6. The van der Waals surface area contributed by atoms with Gasteiger partial charge in [-0.2, -0.15) is 0 Å². The largest absolute Gasteiger partial charge is 0.489 e. The zero-order valence-corrected chi connectivity index (χ0v) is 18.6. The number of hydrogen-bond acceptors (Lipinski definition) is 6. The number of carbonyl (C=O) groups is 4. The molecule has 2 aliphatic carbocycles. The molecule has 0 amide bonds. The van der Waals surface area contributed by atoms with Gasteiger partial charge in [-0.3, -0.25) is 19.2 Å². The minimum absolute atomic E-state index is 0.0663. The molecular formula is C27H24O6. The molecule has 0 aromatic heterocycles. The number of Topliss-reactive ketones (excluding diaryl/α,β-unsaturated/α-hetero) is 4. The fourth-order valence-electron chi connectivity index (χ4n) is 4.30. The second kappa shape index (κ2) is 9.36. The molecule has 0 radical (unpaired) electrons. The fourth-order valence-corrected chi connectivity index (χ4v) is 4.30. The number of hydrogen-bond donors (Lipinski definition) is 0. The maximum atomic E-state index is 13.1. The van der Waals surface area contributed by atoms with Gasteiger partial charge < -0.3 is 9.47 Å². The maximum Gasteiger partial charge on any atom is 0.228 e. The lowest BCUT2D eigenvalue weighted by Crippen LogP contribution is -2.25. The zero-order chi connectivity index (χ0) is 23.5. The summed E-state index contributed by atoms with van der Waals surface area (Å²) in [7, 11) is 0. The first-order valence-electron chi connectivity index (χ1n) is 11.1. The molecule has 0 aliphatic heterocycles. The van der Waals surface area contributed by atoms with Gasteiger partial charge in [0.05, 0.1) is 13.2 Å². The highest BCUT2D eigenvalue weighted by atomic mass is 16.5. The minimum Gasteiger partial charge on any atom is -0.489 e. The van der Waals surface area contributed by atoms with Crippen molar-refractivity contribution in [2.45, 2.75) is 33.1 Å². The molecule has 0 atom stereocenters. The van der Waals surface area contributed by atoms with E-state index < -0.39 is 0 Å². The Kier molecular flexibility index (Phi) is 6.36. The van der Waals surface area contributed by atoms with E-state index in [1.807, 2.05) is 0 Å². The molecular weight excluding hydrogens is 420 g/mol. The van der Waals surface area contributed by atoms with Crippen molar-refractivity contribution in [1.82, 2.24) is 0 Å². The van der Waals surface area contributed by atoms with E-state index in [1.165, 1.54) is 0 Å². The van der Waals surface area contributed by atoms with Gasteiger partial charge in [-0.15, -0.1) is 0 Å². The average molecular weight is 444 g/mol. The summed E-state index contributed by atoms with van der Waals surface area (Å²) < 4.78 is 11.1. The Balaban J connectivity index is 1.62. The Morgan fingerprint density at radius 3 is 1.21 bits per heavy atom. The third-order valence-corrected chi connectivity index (χ3v) is 5.77. The van der Waals surface area contributed by atoms with Gasteiger partial charge in [0.1, 0.15) is 0 Å². The van der Waals surface area contributed by atoms with Crippen molar-refractivity contribution in [2.24, 2.45) is 0 Å². The molecule has 33 heavy (non-hydrogen) atoms. The van der Waals surface area contributed by atoms with E-state index in [0.717, 1.165) is 0 Å². The van der Waals surface area contributed by atoms with Gasteiger partial charge in [0, 0.05) is 33.4 Å². The number of rotatable bonds is 8. The monoisotopic (exact) mass is 444 g/mol. The number of allylic oxidation sites excluding steroid dienone is 4. The summed E-state index contributed by atoms with van der Waals surface area (Å²) in [5.74, 6) is -0.982. The third-order valence-electron chi connectivity index (χ3n) is 5.77. The normalized spacial score (nSPS) is 15.6. The molecule has 0 bridgehead atoms. The Morgan fingerprint density at radius 2 is 0.879 bits per heavy atom. The molecule has 168 valence electrons. The molecule has 6 nitrogen and oxygen atoms in total. The Bertz CT molecular complexity index is 1140. The lowest BCUT2D eigenvalue weighted by Gasteiger charge is -2.22. The van der Waals surface area contributed by atoms with Crippen LogP contribution in [0, 0.1) is 0 Å². The van der Waals surface area contributed by atoms with Crippen LogP contribution in [0.2, 0.25) is 0 Å². The van der Waals surface area contributed by atoms with Gasteiger partial charge in [0.25, 0.3) is 0 Å². The van der Waals surface area contributed by atoms with Gasteiger partial charge in [0.2, 0.25) is 11.6 Å². The summed E-state index contributed by atoms with van der Waals surface area (Å²) in [4.78, 5) is 52.1. The van der Waals surface area contributed by atoms with Crippen molar-refractivity contribution < 1.29 is 28.7 Å². The molecule has 0 fully saturated rings. The highest BCUT2D eigenvalue weighted by Gasteiger charge is 2.35. The average Bonchev–Trinajstić information content (AvgIpc) is 2.84. The number of ether oxygens (including phenoxy) is 2. The van der Waals surface area contributed by atoms with Gasteiger partial charge in [-0.1, -0.05) is 48.5 Å². The summed E-state index contributed by atoms with van der Waals surface area (Å²) in [5, 5.41) is 0. The molecule has 0 unspecified atom stereocenters. The molecule has 2 aliphatic rings. The summed E-state index contributed by atoms with van der Waals surface area (Å²) in [6.07, 6.45) is 0.848. The van der Waals surface area contributed by atoms with Crippen LogP contribution in [-0.2, 0) is 9.47 Å². The Labute approximate surface area is 191 Å². The predicted molar refractivity (Wildman–Crippen MR) is 121 cm³/mol. The van der Waals surface area contributed by atoms with E-state index in [0.29, 0.717) is 39.8 Å². The van der Waals surface area contributed by atoms with E-state index in [-0.39, 0.29) is 60.7 Å². The van der Waals surface area contributed by atoms with Crippen LogP contribution in [-0.4, -0.2) is 36.3 Å². The number of fused-ring (bicyclic) bond motifs is 2. The summed E-state index contributed by atoms with van der Waals surface area (Å²) in [6, 6.07) is 13.4. The second-order valence-electron chi connectivity index (χ2n) is 7.74. The first kappa shape index (κ1) is 22.4.